The van der Waals surface area contributed by atoms with Gasteiger partial charge in [0, 0.05) is 37.1 Å². The molecule has 174 valence electrons. The van der Waals surface area contributed by atoms with Crippen molar-refractivity contribution in [2.75, 3.05) is 36.5 Å². The third-order valence-electron chi connectivity index (χ3n) is 6.04. The van der Waals surface area contributed by atoms with Gasteiger partial charge in [-0.05, 0) is 24.3 Å². The Morgan fingerprint density at radius 2 is 1.85 bits per heavy atom. The topological polar surface area (TPSA) is 124 Å². The molecule has 2 N–H and O–H groups in total. The first-order valence-electron chi connectivity index (χ1n) is 11.0. The molecule has 3 aliphatic rings. The number of rotatable bonds is 5. The van der Waals surface area contributed by atoms with E-state index in [-0.39, 0.29) is 30.3 Å². The minimum absolute atomic E-state index is 0.0250. The molecule has 3 aromatic rings. The Labute approximate surface area is 193 Å². The molecule has 0 bridgehead atoms. The first-order valence-corrected chi connectivity index (χ1v) is 11.0. The molecule has 11 heteroatoms. The largest absolute Gasteiger partial charge is 0.485 e. The van der Waals surface area contributed by atoms with E-state index < -0.39 is 6.09 Å². The van der Waals surface area contributed by atoms with Crippen LogP contribution in [0.25, 0.3) is 11.0 Å². The molecule has 2 aromatic heterocycles. The smallest absolute Gasteiger partial charge is 0.414 e. The Bertz CT molecular complexity index is 1370. The lowest BCUT2D eigenvalue weighted by Crippen LogP contribution is -2.42. The van der Waals surface area contributed by atoms with Crippen molar-refractivity contribution in [2.24, 2.45) is 0 Å². The molecule has 0 saturated carbocycles. The number of ether oxygens (including phenoxy) is 3. The molecule has 0 aliphatic carbocycles. The molecule has 2 amide bonds. The molecule has 5 heterocycles. The quantitative estimate of drug-likeness (QED) is 0.577. The molecular formula is C23H21N5O6. The van der Waals surface area contributed by atoms with Gasteiger partial charge in [-0.1, -0.05) is 0 Å². The zero-order valence-corrected chi connectivity index (χ0v) is 18.0. The lowest BCUT2D eigenvalue weighted by molar-refractivity contribution is -0.118. The zero-order valence-electron chi connectivity index (χ0n) is 18.0. The summed E-state index contributed by atoms with van der Waals surface area (Å²) in [5.41, 5.74) is 2.47. The maximum Gasteiger partial charge on any atom is 0.414 e. The second-order valence-electron chi connectivity index (χ2n) is 8.36. The van der Waals surface area contributed by atoms with Crippen LogP contribution in [-0.2, 0) is 16.1 Å². The van der Waals surface area contributed by atoms with Crippen LogP contribution in [0, 0.1) is 0 Å². The summed E-state index contributed by atoms with van der Waals surface area (Å²) in [4.78, 5) is 42.2. The highest BCUT2D eigenvalue weighted by molar-refractivity contribution is 5.97. The van der Waals surface area contributed by atoms with Gasteiger partial charge in [-0.2, -0.15) is 0 Å². The molecule has 2 atom stereocenters. The number of anilines is 2. The second-order valence-corrected chi connectivity index (χ2v) is 8.36. The van der Waals surface area contributed by atoms with Crippen LogP contribution in [0.4, 0.5) is 16.2 Å². The lowest BCUT2D eigenvalue weighted by Gasteiger charge is -2.27. The Balaban J connectivity index is 1.08. The molecule has 0 spiro atoms. The van der Waals surface area contributed by atoms with Crippen LogP contribution in [-0.4, -0.2) is 60.0 Å². The van der Waals surface area contributed by atoms with Gasteiger partial charge in [0.2, 0.25) is 0 Å². The average Bonchev–Trinajstić information content (AvgIpc) is 3.21. The van der Waals surface area contributed by atoms with Gasteiger partial charge in [0.1, 0.15) is 29.2 Å². The van der Waals surface area contributed by atoms with E-state index in [0.29, 0.717) is 54.6 Å². The summed E-state index contributed by atoms with van der Waals surface area (Å²) in [5.74, 6) is 0.953. The summed E-state index contributed by atoms with van der Waals surface area (Å²) in [7, 11) is 0. The molecule has 0 radical (unpaired) electrons. The maximum absolute atomic E-state index is 12.5. The molecule has 3 aliphatic heterocycles. The number of cyclic esters (lactones) is 1. The van der Waals surface area contributed by atoms with E-state index in [1.807, 2.05) is 0 Å². The average molecular weight is 463 g/mol. The number of hydrogen-bond acceptors (Lipinski definition) is 8. The van der Waals surface area contributed by atoms with Gasteiger partial charge in [0.15, 0.2) is 6.61 Å². The minimum Gasteiger partial charge on any atom is -0.485 e. The van der Waals surface area contributed by atoms with Crippen LogP contribution in [0.5, 0.6) is 11.5 Å². The van der Waals surface area contributed by atoms with Crippen molar-refractivity contribution in [1.82, 2.24) is 14.9 Å². The van der Waals surface area contributed by atoms with Crippen molar-refractivity contribution < 1.29 is 23.8 Å². The second kappa shape index (κ2) is 8.03. The SMILES string of the molecule is O=C1COc2ccc(N3C[C@@H](CNC[C@@H]4Cn5c(=O)ccc6nccc(c65)O4)OC3=O)cc2N1. The van der Waals surface area contributed by atoms with Gasteiger partial charge in [-0.3, -0.25) is 24.0 Å². The van der Waals surface area contributed by atoms with Crippen molar-refractivity contribution in [3.05, 3.63) is 52.9 Å². The number of nitrogens with one attached hydrogen (secondary N) is 2. The van der Waals surface area contributed by atoms with E-state index in [0.717, 1.165) is 5.52 Å². The molecule has 1 saturated heterocycles. The summed E-state index contributed by atoms with van der Waals surface area (Å²) >= 11 is 0. The van der Waals surface area contributed by atoms with Crippen LogP contribution in [0.2, 0.25) is 0 Å². The lowest BCUT2D eigenvalue weighted by atomic mass is 10.2. The monoisotopic (exact) mass is 463 g/mol. The Morgan fingerprint density at radius 1 is 1.00 bits per heavy atom. The van der Waals surface area contributed by atoms with Crippen molar-refractivity contribution in [3.8, 4) is 11.5 Å². The number of pyridine rings is 2. The van der Waals surface area contributed by atoms with Crippen LogP contribution < -0.4 is 30.6 Å². The Kier molecular flexibility index (Phi) is 4.84. The number of nitrogens with zero attached hydrogens (tertiary/aromatic N) is 3. The predicted molar refractivity (Wildman–Crippen MR) is 121 cm³/mol. The van der Waals surface area contributed by atoms with Crippen LogP contribution in [0.1, 0.15) is 0 Å². The fourth-order valence-corrected chi connectivity index (χ4v) is 4.48. The normalized spacial score (nSPS) is 20.9. The number of amides is 2. The summed E-state index contributed by atoms with van der Waals surface area (Å²) < 4.78 is 18.6. The molecule has 11 nitrogen and oxygen atoms in total. The maximum atomic E-state index is 12.5. The van der Waals surface area contributed by atoms with E-state index in [1.165, 1.54) is 11.0 Å². The third-order valence-corrected chi connectivity index (χ3v) is 6.04. The third kappa shape index (κ3) is 3.59. The summed E-state index contributed by atoms with van der Waals surface area (Å²) in [6.07, 6.45) is 0.590. The highest BCUT2D eigenvalue weighted by Gasteiger charge is 2.33. The van der Waals surface area contributed by atoms with Crippen LogP contribution in [0.15, 0.2) is 47.4 Å². The van der Waals surface area contributed by atoms with Crippen molar-refractivity contribution in [2.45, 2.75) is 18.8 Å². The number of fused-ring (bicyclic) bond motifs is 1. The van der Waals surface area contributed by atoms with Gasteiger partial charge in [0.25, 0.3) is 11.5 Å². The first-order chi connectivity index (χ1) is 16.5. The fourth-order valence-electron chi connectivity index (χ4n) is 4.48. The van der Waals surface area contributed by atoms with Crippen molar-refractivity contribution >= 4 is 34.4 Å². The van der Waals surface area contributed by atoms with Crippen LogP contribution in [0.3, 0.4) is 0 Å². The van der Waals surface area contributed by atoms with Gasteiger partial charge < -0.3 is 24.8 Å². The highest BCUT2D eigenvalue weighted by Crippen LogP contribution is 2.33. The fraction of sp³-hybridized carbons (Fsp3) is 0.304. The number of carbonyl (C=O) groups excluding carboxylic acids is 2. The summed E-state index contributed by atoms with van der Waals surface area (Å²) in [6.45, 7) is 1.64. The van der Waals surface area contributed by atoms with E-state index in [9.17, 15) is 14.4 Å². The summed E-state index contributed by atoms with van der Waals surface area (Å²) in [5, 5.41) is 6.03. The van der Waals surface area contributed by atoms with Gasteiger partial charge in [-0.25, -0.2) is 4.79 Å². The standard InChI is InChI=1S/C23H21N5O6/c29-20-12-32-18-3-1-13(7-17(18)26-20)27-10-15(34-23(27)31)9-24-8-14-11-28-21(30)4-2-16-22(28)19(33-14)5-6-25-16/h1-7,14-15,24H,8-12H2,(H,26,29)/t14-,15-/m1/s1. The van der Waals surface area contributed by atoms with E-state index in [2.05, 4.69) is 15.6 Å². The number of hydrogen-bond donors (Lipinski definition) is 2. The van der Waals surface area contributed by atoms with Gasteiger partial charge >= 0.3 is 6.09 Å². The molecule has 34 heavy (non-hydrogen) atoms. The van der Waals surface area contributed by atoms with E-state index in [1.54, 1.807) is 41.1 Å². The van der Waals surface area contributed by atoms with Crippen LogP contribution >= 0.6 is 0 Å². The van der Waals surface area contributed by atoms with Gasteiger partial charge in [-0.15, -0.1) is 0 Å². The van der Waals surface area contributed by atoms with Crippen molar-refractivity contribution in [1.29, 1.82) is 0 Å². The number of aromatic nitrogens is 2. The minimum atomic E-state index is -0.455. The molecule has 1 aromatic carbocycles. The van der Waals surface area contributed by atoms with E-state index in [4.69, 9.17) is 14.2 Å². The Morgan fingerprint density at radius 3 is 2.74 bits per heavy atom. The van der Waals surface area contributed by atoms with Crippen molar-refractivity contribution in [3.63, 3.8) is 0 Å². The number of carbonyl (C=O) groups is 2. The number of benzene rings is 1. The Hall–Kier alpha value is -4.12. The molecule has 1 fully saturated rings. The van der Waals surface area contributed by atoms with E-state index >= 15 is 0 Å². The predicted octanol–water partition coefficient (Wildman–Crippen LogP) is 1.10. The zero-order chi connectivity index (χ0) is 23.2. The highest BCUT2D eigenvalue weighted by atomic mass is 16.6. The summed E-state index contributed by atoms with van der Waals surface area (Å²) in [6, 6.07) is 10.1. The molecule has 6 rings (SSSR count). The first kappa shape index (κ1) is 20.5. The van der Waals surface area contributed by atoms with Gasteiger partial charge in [0.05, 0.1) is 24.3 Å². The molecular weight excluding hydrogens is 442 g/mol. The molecule has 0 unspecified atom stereocenters.